The van der Waals surface area contributed by atoms with Crippen LogP contribution in [0.1, 0.15) is 12.8 Å². The van der Waals surface area contributed by atoms with Crippen LogP contribution in [0.3, 0.4) is 0 Å². The van der Waals surface area contributed by atoms with Crippen LogP contribution in [0.25, 0.3) is 0 Å². The van der Waals surface area contributed by atoms with Crippen molar-refractivity contribution in [3.05, 3.63) is 0 Å². The van der Waals surface area contributed by atoms with Crippen molar-refractivity contribution >= 4 is 5.91 Å². The molecule has 0 aromatic heterocycles. The minimum absolute atomic E-state index is 0.110. The Morgan fingerprint density at radius 2 is 2.25 bits per heavy atom. The molecule has 1 aliphatic heterocycles. The SMILES string of the molecule is CN(C)C(=O)C1CCCN(N)C1. The van der Waals surface area contributed by atoms with E-state index in [1.807, 2.05) is 0 Å². The highest BCUT2D eigenvalue weighted by Gasteiger charge is 2.25. The Labute approximate surface area is 73.3 Å². The maximum Gasteiger partial charge on any atom is 0.226 e. The van der Waals surface area contributed by atoms with Crippen LogP contribution in [0.15, 0.2) is 0 Å². The first-order valence-corrected chi connectivity index (χ1v) is 4.32. The van der Waals surface area contributed by atoms with E-state index < -0.39 is 0 Å². The number of nitrogens with two attached hydrogens (primary N) is 1. The summed E-state index contributed by atoms with van der Waals surface area (Å²) in [7, 11) is 3.58. The van der Waals surface area contributed by atoms with Gasteiger partial charge in [0.25, 0.3) is 0 Å². The van der Waals surface area contributed by atoms with Crippen molar-refractivity contribution in [1.29, 1.82) is 0 Å². The van der Waals surface area contributed by atoms with Gasteiger partial charge in [0.2, 0.25) is 5.91 Å². The molecule has 70 valence electrons. The van der Waals surface area contributed by atoms with E-state index in [4.69, 9.17) is 5.84 Å². The van der Waals surface area contributed by atoms with Crippen LogP contribution in [-0.2, 0) is 4.79 Å². The average Bonchev–Trinajstić information content (AvgIpc) is 2.03. The van der Waals surface area contributed by atoms with Crippen LogP contribution < -0.4 is 5.84 Å². The molecule has 0 bridgehead atoms. The van der Waals surface area contributed by atoms with Crippen molar-refractivity contribution in [2.24, 2.45) is 11.8 Å². The Morgan fingerprint density at radius 1 is 1.58 bits per heavy atom. The molecular formula is C8H17N3O. The molecule has 0 aliphatic carbocycles. The minimum Gasteiger partial charge on any atom is -0.349 e. The fourth-order valence-electron chi connectivity index (χ4n) is 1.57. The molecule has 1 heterocycles. The van der Waals surface area contributed by atoms with Gasteiger partial charge in [0.05, 0.1) is 5.92 Å². The average molecular weight is 171 g/mol. The van der Waals surface area contributed by atoms with Gasteiger partial charge in [-0.15, -0.1) is 0 Å². The van der Waals surface area contributed by atoms with Crippen LogP contribution in [0.4, 0.5) is 0 Å². The highest BCUT2D eigenvalue weighted by molar-refractivity contribution is 5.78. The topological polar surface area (TPSA) is 49.6 Å². The van der Waals surface area contributed by atoms with Crippen LogP contribution in [0.2, 0.25) is 0 Å². The minimum atomic E-state index is 0.110. The van der Waals surface area contributed by atoms with Crippen LogP contribution in [0.5, 0.6) is 0 Å². The van der Waals surface area contributed by atoms with Gasteiger partial charge in [-0.05, 0) is 12.8 Å². The Bertz CT molecular complexity index is 170. The molecule has 1 saturated heterocycles. The van der Waals surface area contributed by atoms with Crippen LogP contribution in [0, 0.1) is 5.92 Å². The smallest absolute Gasteiger partial charge is 0.226 e. The second-order valence-electron chi connectivity index (χ2n) is 3.57. The molecule has 4 heteroatoms. The first-order chi connectivity index (χ1) is 5.61. The van der Waals surface area contributed by atoms with Crippen molar-refractivity contribution in [3.63, 3.8) is 0 Å². The van der Waals surface area contributed by atoms with Crippen molar-refractivity contribution in [2.75, 3.05) is 27.2 Å². The van der Waals surface area contributed by atoms with Crippen molar-refractivity contribution in [2.45, 2.75) is 12.8 Å². The number of rotatable bonds is 1. The highest BCUT2D eigenvalue weighted by Crippen LogP contribution is 2.15. The molecule has 0 aromatic rings. The van der Waals surface area contributed by atoms with E-state index >= 15 is 0 Å². The summed E-state index contributed by atoms with van der Waals surface area (Å²) in [6, 6.07) is 0. The quantitative estimate of drug-likeness (QED) is 0.549. The lowest BCUT2D eigenvalue weighted by Crippen LogP contribution is -2.45. The van der Waals surface area contributed by atoms with Gasteiger partial charge in [-0.25, -0.2) is 5.01 Å². The van der Waals surface area contributed by atoms with Gasteiger partial charge in [-0.1, -0.05) is 0 Å². The summed E-state index contributed by atoms with van der Waals surface area (Å²) in [5, 5.41) is 1.73. The van der Waals surface area contributed by atoms with E-state index in [0.717, 1.165) is 19.4 Å². The largest absolute Gasteiger partial charge is 0.349 e. The second-order valence-corrected chi connectivity index (χ2v) is 3.57. The van der Waals surface area contributed by atoms with E-state index in [1.54, 1.807) is 24.0 Å². The predicted molar refractivity (Wildman–Crippen MR) is 47.2 cm³/mol. The standard InChI is InChI=1S/C8H17N3O/c1-10(2)8(12)7-4-3-5-11(9)6-7/h7H,3-6,9H2,1-2H3. The molecule has 4 nitrogen and oxygen atoms in total. The molecule has 1 atom stereocenters. The lowest BCUT2D eigenvalue weighted by atomic mass is 9.98. The van der Waals surface area contributed by atoms with Crippen molar-refractivity contribution < 1.29 is 4.79 Å². The zero-order chi connectivity index (χ0) is 9.14. The summed E-state index contributed by atoms with van der Waals surface area (Å²) in [4.78, 5) is 13.1. The molecule has 0 aromatic carbocycles. The van der Waals surface area contributed by atoms with Gasteiger partial charge in [0, 0.05) is 27.2 Å². The molecule has 0 radical (unpaired) electrons. The number of hydrogen-bond acceptors (Lipinski definition) is 3. The highest BCUT2D eigenvalue weighted by atomic mass is 16.2. The van der Waals surface area contributed by atoms with E-state index in [0.29, 0.717) is 6.54 Å². The summed E-state index contributed by atoms with van der Waals surface area (Å²) in [6.45, 7) is 1.62. The molecule has 1 amide bonds. The first-order valence-electron chi connectivity index (χ1n) is 4.32. The number of hydrogen-bond donors (Lipinski definition) is 1. The van der Waals surface area contributed by atoms with Crippen molar-refractivity contribution in [3.8, 4) is 0 Å². The van der Waals surface area contributed by atoms with E-state index in [9.17, 15) is 4.79 Å². The zero-order valence-corrected chi connectivity index (χ0v) is 7.79. The molecule has 1 unspecified atom stereocenters. The maximum absolute atomic E-state index is 11.5. The fourth-order valence-corrected chi connectivity index (χ4v) is 1.57. The monoisotopic (exact) mass is 171 g/mol. The van der Waals surface area contributed by atoms with Crippen molar-refractivity contribution in [1.82, 2.24) is 9.91 Å². The summed E-state index contributed by atoms with van der Waals surface area (Å²) >= 11 is 0. The first kappa shape index (κ1) is 9.48. The van der Waals surface area contributed by atoms with Crippen LogP contribution in [-0.4, -0.2) is 43.0 Å². The number of carbonyl (C=O) groups excluding carboxylic acids is 1. The zero-order valence-electron chi connectivity index (χ0n) is 7.79. The number of carbonyl (C=O) groups is 1. The Balaban J connectivity index is 2.46. The lowest BCUT2D eigenvalue weighted by molar-refractivity contribution is -0.134. The van der Waals surface area contributed by atoms with E-state index in [2.05, 4.69) is 0 Å². The molecule has 2 N–H and O–H groups in total. The number of amides is 1. The summed E-state index contributed by atoms with van der Waals surface area (Å²) in [6.07, 6.45) is 2.01. The van der Waals surface area contributed by atoms with Gasteiger partial charge in [0.15, 0.2) is 0 Å². The Morgan fingerprint density at radius 3 is 2.75 bits per heavy atom. The number of hydrazine groups is 1. The van der Waals surface area contributed by atoms with Gasteiger partial charge < -0.3 is 4.90 Å². The third-order valence-corrected chi connectivity index (χ3v) is 2.24. The third-order valence-electron chi connectivity index (χ3n) is 2.24. The molecule has 0 saturated carbocycles. The van der Waals surface area contributed by atoms with E-state index in [-0.39, 0.29) is 11.8 Å². The predicted octanol–water partition coefficient (Wildman–Crippen LogP) is -0.340. The van der Waals surface area contributed by atoms with Gasteiger partial charge in [0.1, 0.15) is 0 Å². The lowest BCUT2D eigenvalue weighted by Gasteiger charge is -2.29. The summed E-state index contributed by atoms with van der Waals surface area (Å²) < 4.78 is 0. The maximum atomic E-state index is 11.5. The molecule has 0 spiro atoms. The van der Waals surface area contributed by atoms with Gasteiger partial charge >= 0.3 is 0 Å². The van der Waals surface area contributed by atoms with Crippen LogP contribution >= 0.6 is 0 Å². The van der Waals surface area contributed by atoms with Gasteiger partial charge in [-0.3, -0.25) is 10.6 Å². The molecule has 1 fully saturated rings. The molecular weight excluding hydrogens is 154 g/mol. The molecule has 1 rings (SSSR count). The molecule has 1 aliphatic rings. The second kappa shape index (κ2) is 3.87. The van der Waals surface area contributed by atoms with E-state index in [1.165, 1.54) is 0 Å². The third kappa shape index (κ3) is 2.19. The normalized spacial score (nSPS) is 25.4. The summed E-state index contributed by atoms with van der Waals surface area (Å²) in [5.74, 6) is 5.93. The number of piperidine rings is 1. The number of nitrogens with zero attached hydrogens (tertiary/aromatic N) is 2. The Kier molecular flexibility index (Phi) is 3.05. The van der Waals surface area contributed by atoms with Gasteiger partial charge in [-0.2, -0.15) is 0 Å². The molecule has 12 heavy (non-hydrogen) atoms. The fraction of sp³-hybridized carbons (Fsp3) is 0.875. The Hall–Kier alpha value is -0.610. The summed E-state index contributed by atoms with van der Waals surface area (Å²) in [5.41, 5.74) is 0.